The van der Waals surface area contributed by atoms with Crippen molar-refractivity contribution in [2.75, 3.05) is 0 Å². The molecule has 0 bridgehead atoms. The Morgan fingerprint density at radius 3 is 2.14 bits per heavy atom. The molecule has 1 unspecified atom stereocenters. The van der Waals surface area contributed by atoms with Crippen molar-refractivity contribution in [1.29, 1.82) is 0 Å². The van der Waals surface area contributed by atoms with Gasteiger partial charge in [0, 0.05) is 0 Å². The first kappa shape index (κ1) is 10.8. The third-order valence-corrected chi connectivity index (χ3v) is 2.06. The van der Waals surface area contributed by atoms with Gasteiger partial charge in [-0.05, 0) is 30.5 Å². The minimum atomic E-state index is -0.375. The maximum Gasteiger partial charge on any atom is 0.160 e. The first-order valence-electron chi connectivity index (χ1n) is 4.85. The zero-order valence-corrected chi connectivity index (χ0v) is 8.86. The van der Waals surface area contributed by atoms with Gasteiger partial charge in [0.1, 0.15) is 5.75 Å². The Morgan fingerprint density at radius 2 is 1.71 bits per heavy atom. The van der Waals surface area contributed by atoms with E-state index in [9.17, 15) is 4.79 Å². The van der Waals surface area contributed by atoms with Crippen molar-refractivity contribution < 1.29 is 9.53 Å². The van der Waals surface area contributed by atoms with Gasteiger partial charge in [-0.1, -0.05) is 26.0 Å². The molecular formula is C12H16O2. The molecule has 2 nitrogen and oxygen atoms in total. The third kappa shape index (κ3) is 2.87. The molecule has 76 valence electrons. The van der Waals surface area contributed by atoms with Gasteiger partial charge >= 0.3 is 0 Å². The first-order chi connectivity index (χ1) is 6.63. The largest absolute Gasteiger partial charge is 0.483 e. The molecule has 1 aromatic carbocycles. The van der Waals surface area contributed by atoms with Gasteiger partial charge in [-0.2, -0.15) is 0 Å². The lowest BCUT2D eigenvalue weighted by Crippen LogP contribution is -2.12. The molecule has 0 saturated heterocycles. The summed E-state index contributed by atoms with van der Waals surface area (Å²) in [5.41, 5.74) is 1.27. The van der Waals surface area contributed by atoms with Crippen molar-refractivity contribution in [3.8, 4) is 5.75 Å². The lowest BCUT2D eigenvalue weighted by molar-refractivity contribution is -0.113. The van der Waals surface area contributed by atoms with Crippen LogP contribution >= 0.6 is 0 Å². The Bertz CT molecular complexity index is 288. The Balaban J connectivity index is 2.68. The number of hydrogen-bond acceptors (Lipinski definition) is 2. The summed E-state index contributed by atoms with van der Waals surface area (Å²) < 4.78 is 5.33. The maximum absolute atomic E-state index is 10.4. The predicted molar refractivity (Wildman–Crippen MR) is 56.7 cm³/mol. The summed E-state index contributed by atoms with van der Waals surface area (Å²) in [5.74, 6) is 1.27. The fourth-order valence-corrected chi connectivity index (χ4v) is 1.17. The molecule has 2 heteroatoms. The van der Waals surface area contributed by atoms with Crippen LogP contribution in [0.4, 0.5) is 0 Å². The topological polar surface area (TPSA) is 26.3 Å². The Labute approximate surface area is 84.9 Å². The quantitative estimate of drug-likeness (QED) is 0.686. The molecule has 0 heterocycles. The monoisotopic (exact) mass is 192 g/mol. The van der Waals surface area contributed by atoms with Crippen LogP contribution in [0, 0.1) is 0 Å². The SMILES string of the molecule is CC(C=O)Oc1ccc(C(C)C)cc1. The molecule has 0 aromatic heterocycles. The van der Waals surface area contributed by atoms with Crippen LogP contribution in [0.25, 0.3) is 0 Å². The highest BCUT2D eigenvalue weighted by Crippen LogP contribution is 2.18. The molecule has 0 aliphatic carbocycles. The van der Waals surface area contributed by atoms with Crippen LogP contribution in [0.1, 0.15) is 32.3 Å². The molecule has 1 atom stereocenters. The molecule has 0 spiro atoms. The van der Waals surface area contributed by atoms with E-state index in [4.69, 9.17) is 4.74 Å². The van der Waals surface area contributed by atoms with Crippen LogP contribution < -0.4 is 4.74 Å². The van der Waals surface area contributed by atoms with E-state index >= 15 is 0 Å². The van der Waals surface area contributed by atoms with Gasteiger partial charge in [0.2, 0.25) is 0 Å². The number of rotatable bonds is 4. The van der Waals surface area contributed by atoms with E-state index < -0.39 is 0 Å². The molecule has 1 rings (SSSR count). The number of aldehydes is 1. The van der Waals surface area contributed by atoms with Crippen molar-refractivity contribution in [1.82, 2.24) is 0 Å². The van der Waals surface area contributed by atoms with Crippen molar-refractivity contribution in [2.24, 2.45) is 0 Å². The standard InChI is InChI=1S/C12H16O2/c1-9(2)11-4-6-12(7-5-11)14-10(3)8-13/h4-10H,1-3H3. The minimum Gasteiger partial charge on any atom is -0.483 e. The van der Waals surface area contributed by atoms with E-state index in [0.29, 0.717) is 5.92 Å². The lowest BCUT2D eigenvalue weighted by atomic mass is 10.0. The van der Waals surface area contributed by atoms with E-state index in [1.54, 1.807) is 6.92 Å². The van der Waals surface area contributed by atoms with Gasteiger partial charge < -0.3 is 4.74 Å². The number of benzene rings is 1. The second-order valence-corrected chi connectivity index (χ2v) is 3.68. The fraction of sp³-hybridized carbons (Fsp3) is 0.417. The van der Waals surface area contributed by atoms with Gasteiger partial charge in [0.15, 0.2) is 12.4 Å². The van der Waals surface area contributed by atoms with Crippen LogP contribution in [0.3, 0.4) is 0 Å². The number of carbonyl (C=O) groups excluding carboxylic acids is 1. The van der Waals surface area contributed by atoms with Crippen LogP contribution in [0.2, 0.25) is 0 Å². The van der Waals surface area contributed by atoms with E-state index in [1.165, 1.54) is 5.56 Å². The molecule has 0 aliphatic rings. The molecule has 14 heavy (non-hydrogen) atoms. The highest BCUT2D eigenvalue weighted by atomic mass is 16.5. The van der Waals surface area contributed by atoms with Crippen LogP contribution in [-0.2, 0) is 4.79 Å². The smallest absolute Gasteiger partial charge is 0.160 e. The highest BCUT2D eigenvalue weighted by Gasteiger charge is 2.02. The molecule has 0 saturated carbocycles. The summed E-state index contributed by atoms with van der Waals surface area (Å²) in [6.07, 6.45) is 0.413. The summed E-state index contributed by atoms with van der Waals surface area (Å²) in [4.78, 5) is 10.4. The molecule has 0 N–H and O–H groups in total. The van der Waals surface area contributed by atoms with Crippen LogP contribution in [0.5, 0.6) is 5.75 Å². The third-order valence-electron chi connectivity index (χ3n) is 2.06. The summed E-state index contributed by atoms with van der Waals surface area (Å²) in [5, 5.41) is 0. The van der Waals surface area contributed by atoms with E-state index in [-0.39, 0.29) is 6.10 Å². The van der Waals surface area contributed by atoms with Crippen molar-refractivity contribution in [2.45, 2.75) is 32.8 Å². The van der Waals surface area contributed by atoms with Crippen molar-refractivity contribution >= 4 is 6.29 Å². The van der Waals surface area contributed by atoms with Gasteiger partial charge in [0.25, 0.3) is 0 Å². The number of hydrogen-bond donors (Lipinski definition) is 0. The first-order valence-corrected chi connectivity index (χ1v) is 4.85. The van der Waals surface area contributed by atoms with Gasteiger partial charge in [0.05, 0.1) is 0 Å². The molecular weight excluding hydrogens is 176 g/mol. The fourth-order valence-electron chi connectivity index (χ4n) is 1.17. The van der Waals surface area contributed by atoms with Gasteiger partial charge in [-0.25, -0.2) is 0 Å². The summed E-state index contributed by atoms with van der Waals surface area (Å²) in [7, 11) is 0. The van der Waals surface area contributed by atoms with Crippen LogP contribution in [0.15, 0.2) is 24.3 Å². The van der Waals surface area contributed by atoms with E-state index in [2.05, 4.69) is 13.8 Å². The molecule has 0 aliphatic heterocycles. The number of carbonyl (C=O) groups is 1. The summed E-state index contributed by atoms with van der Waals surface area (Å²) in [6.45, 7) is 6.01. The van der Waals surface area contributed by atoms with E-state index in [1.807, 2.05) is 24.3 Å². The molecule has 0 amide bonds. The summed E-state index contributed by atoms with van der Waals surface area (Å²) >= 11 is 0. The Kier molecular flexibility index (Phi) is 3.69. The van der Waals surface area contributed by atoms with Crippen molar-refractivity contribution in [3.05, 3.63) is 29.8 Å². The van der Waals surface area contributed by atoms with E-state index in [0.717, 1.165) is 12.0 Å². The zero-order valence-electron chi connectivity index (χ0n) is 8.86. The highest BCUT2D eigenvalue weighted by molar-refractivity contribution is 5.56. The van der Waals surface area contributed by atoms with Gasteiger partial charge in [-0.15, -0.1) is 0 Å². The normalized spacial score (nSPS) is 12.6. The maximum atomic E-state index is 10.4. The lowest BCUT2D eigenvalue weighted by Gasteiger charge is -2.10. The minimum absolute atomic E-state index is 0.375. The Hall–Kier alpha value is -1.31. The van der Waals surface area contributed by atoms with Crippen molar-refractivity contribution in [3.63, 3.8) is 0 Å². The zero-order chi connectivity index (χ0) is 10.6. The second kappa shape index (κ2) is 4.80. The predicted octanol–water partition coefficient (Wildman–Crippen LogP) is 2.78. The van der Waals surface area contributed by atoms with Gasteiger partial charge in [-0.3, -0.25) is 4.79 Å². The molecule has 1 aromatic rings. The second-order valence-electron chi connectivity index (χ2n) is 3.68. The molecule has 0 radical (unpaired) electrons. The Morgan fingerprint density at radius 1 is 1.14 bits per heavy atom. The summed E-state index contributed by atoms with van der Waals surface area (Å²) in [6, 6.07) is 7.85. The molecule has 0 fully saturated rings. The average Bonchev–Trinajstić information content (AvgIpc) is 2.18. The average molecular weight is 192 g/mol. The number of ether oxygens (including phenoxy) is 1. The van der Waals surface area contributed by atoms with Crippen LogP contribution in [-0.4, -0.2) is 12.4 Å².